The SMILES string of the molecule is CC.CC.Cc1cc(C(C)(C)c2ccc(-c3ccc4nc(N[N+](C)(O)S)ncc4c3)cc2)cc(C#N)c1OCCC(C)C. The normalized spacial score (nSPS) is 12.3. The maximum Gasteiger partial charge on any atom is 0.273 e. The van der Waals surface area contributed by atoms with Crippen LogP contribution in [-0.2, 0) is 5.41 Å². The van der Waals surface area contributed by atoms with Crippen molar-refractivity contribution < 1.29 is 14.1 Å². The van der Waals surface area contributed by atoms with Gasteiger partial charge in [-0.15, -0.1) is 0 Å². The first-order chi connectivity index (χ1) is 20.4. The van der Waals surface area contributed by atoms with Gasteiger partial charge in [0.15, 0.2) is 0 Å². The molecular weight excluding hydrogens is 554 g/mol. The Kier molecular flexibility index (Phi) is 13.0. The Morgan fingerprint density at radius 1 is 1.00 bits per heavy atom. The van der Waals surface area contributed by atoms with Gasteiger partial charge in [0.05, 0.1) is 17.7 Å². The van der Waals surface area contributed by atoms with Gasteiger partial charge in [0.1, 0.15) is 31.7 Å². The topological polar surface area (TPSA) is 91.1 Å². The van der Waals surface area contributed by atoms with Gasteiger partial charge in [-0.05, 0) is 69.4 Å². The molecule has 4 aromatic rings. The summed E-state index contributed by atoms with van der Waals surface area (Å²) < 4.78 is 5.25. The van der Waals surface area contributed by atoms with Crippen LogP contribution >= 0.6 is 12.8 Å². The highest BCUT2D eigenvalue weighted by molar-refractivity contribution is 7.74. The number of quaternary nitrogens is 1. The summed E-state index contributed by atoms with van der Waals surface area (Å²) in [5.41, 5.74) is 9.06. The number of thiol groups is 1. The van der Waals surface area contributed by atoms with Crippen LogP contribution < -0.4 is 10.2 Å². The maximum atomic E-state index is 9.86. The van der Waals surface area contributed by atoms with E-state index in [1.807, 2.05) is 58.9 Å². The molecule has 1 atom stereocenters. The number of nitriles is 1. The number of anilines is 1. The highest BCUT2D eigenvalue weighted by Gasteiger charge is 2.25. The molecule has 2 N–H and O–H groups in total. The van der Waals surface area contributed by atoms with Crippen molar-refractivity contribution in [2.75, 3.05) is 19.1 Å². The van der Waals surface area contributed by atoms with Crippen LogP contribution in [0.25, 0.3) is 22.0 Å². The molecule has 1 aromatic heterocycles. The van der Waals surface area contributed by atoms with Gasteiger partial charge < -0.3 is 4.74 Å². The van der Waals surface area contributed by atoms with Crippen molar-refractivity contribution >= 4 is 29.7 Å². The molecule has 7 nitrogen and oxygen atoms in total. The van der Waals surface area contributed by atoms with Gasteiger partial charge in [0.2, 0.25) is 0 Å². The first-order valence-corrected chi connectivity index (χ1v) is 15.4. The lowest BCUT2D eigenvalue weighted by molar-refractivity contribution is -0.955. The molecule has 4 rings (SSSR count). The molecule has 1 unspecified atom stereocenters. The molecule has 0 aliphatic carbocycles. The summed E-state index contributed by atoms with van der Waals surface area (Å²) in [6.07, 6.45) is 2.67. The number of nitrogens with zero attached hydrogens (tertiary/aromatic N) is 4. The molecule has 43 heavy (non-hydrogen) atoms. The lowest BCUT2D eigenvalue weighted by Crippen LogP contribution is -2.36. The zero-order valence-corrected chi connectivity index (χ0v) is 28.3. The van der Waals surface area contributed by atoms with Crippen LogP contribution in [0.15, 0.2) is 60.8 Å². The monoisotopic (exact) mass is 602 g/mol. The Balaban J connectivity index is 0.00000155. The number of benzene rings is 3. The number of aromatic nitrogens is 2. The molecule has 0 spiro atoms. The minimum Gasteiger partial charge on any atom is -0.492 e. The fourth-order valence-corrected chi connectivity index (χ4v) is 4.60. The molecule has 0 saturated carbocycles. The summed E-state index contributed by atoms with van der Waals surface area (Å²) in [7, 11) is 1.45. The van der Waals surface area contributed by atoms with Crippen molar-refractivity contribution in [1.82, 2.24) is 9.97 Å². The number of rotatable bonds is 9. The predicted molar refractivity (Wildman–Crippen MR) is 181 cm³/mol. The Morgan fingerprint density at radius 2 is 1.63 bits per heavy atom. The van der Waals surface area contributed by atoms with Gasteiger partial charge in [-0.3, -0.25) is 0 Å². The van der Waals surface area contributed by atoms with Crippen molar-refractivity contribution in [2.45, 2.75) is 74.1 Å². The lowest BCUT2D eigenvalue weighted by atomic mass is 9.76. The van der Waals surface area contributed by atoms with Crippen molar-refractivity contribution in [3.63, 3.8) is 0 Å². The number of ether oxygens (including phenoxy) is 1. The molecule has 0 amide bonds. The van der Waals surface area contributed by atoms with E-state index < -0.39 is 4.16 Å². The van der Waals surface area contributed by atoms with E-state index in [1.54, 1.807) is 6.20 Å². The first-order valence-electron chi connectivity index (χ1n) is 15.0. The fourth-order valence-electron chi connectivity index (χ4n) is 4.51. The minimum absolute atomic E-state index is 0.284. The Bertz CT molecular complexity index is 1520. The second-order valence-corrected chi connectivity index (χ2v) is 11.8. The van der Waals surface area contributed by atoms with Crippen LogP contribution in [0, 0.1) is 24.2 Å². The number of fused-ring (bicyclic) bond motifs is 1. The van der Waals surface area contributed by atoms with Crippen LogP contribution in [-0.4, -0.2) is 33.0 Å². The van der Waals surface area contributed by atoms with Crippen LogP contribution in [0.5, 0.6) is 5.75 Å². The third-order valence-corrected chi connectivity index (χ3v) is 6.99. The van der Waals surface area contributed by atoms with E-state index in [9.17, 15) is 10.5 Å². The van der Waals surface area contributed by atoms with Gasteiger partial charge in [-0.25, -0.2) is 9.97 Å². The molecule has 230 valence electrons. The first kappa shape index (κ1) is 35.6. The standard InChI is InChI=1S/C31H36N5O2S.2C2H6/c1-20(2)13-14-38-29-21(3)15-27(17-24(29)18-32)31(4,5)26-10-7-22(8-11-26)23-9-12-28-25(16-23)19-33-30(34-28)35-36(6,37)39;2*1-2/h7-12,15-17,19-20,37,39H,13-14H2,1-6H3,(H,33,34,35);2*1-2H3/q+1;;. The molecule has 0 saturated heterocycles. The second kappa shape index (κ2) is 15.7. The summed E-state index contributed by atoms with van der Waals surface area (Å²) >= 11 is 4.00. The largest absolute Gasteiger partial charge is 0.492 e. The zero-order valence-electron chi connectivity index (χ0n) is 27.4. The van der Waals surface area contributed by atoms with Gasteiger partial charge in [-0.2, -0.15) is 15.9 Å². The van der Waals surface area contributed by atoms with E-state index in [4.69, 9.17) is 4.74 Å². The van der Waals surface area contributed by atoms with Crippen LogP contribution in [0.3, 0.4) is 0 Å². The molecule has 0 radical (unpaired) electrons. The van der Waals surface area contributed by atoms with E-state index >= 15 is 0 Å². The summed E-state index contributed by atoms with van der Waals surface area (Å²) in [6.45, 7) is 19.3. The Morgan fingerprint density at radius 3 is 2.21 bits per heavy atom. The number of hydrogen-bond donors (Lipinski definition) is 3. The third-order valence-electron chi connectivity index (χ3n) is 6.89. The third kappa shape index (κ3) is 9.42. The number of aryl methyl sites for hydroxylation is 1. The molecule has 0 fully saturated rings. The minimum atomic E-state index is -0.764. The highest BCUT2D eigenvalue weighted by Crippen LogP contribution is 2.37. The van der Waals surface area contributed by atoms with Gasteiger partial charge in [0.25, 0.3) is 5.95 Å². The Labute approximate surface area is 263 Å². The smallest absolute Gasteiger partial charge is 0.273 e. The van der Waals surface area contributed by atoms with Crippen molar-refractivity contribution in [3.8, 4) is 22.9 Å². The number of nitrogens with one attached hydrogen (secondary N) is 1. The van der Waals surface area contributed by atoms with E-state index in [0.29, 0.717) is 23.8 Å². The van der Waals surface area contributed by atoms with Crippen molar-refractivity contribution in [3.05, 3.63) is 83.0 Å². The molecule has 3 aromatic carbocycles. The average Bonchev–Trinajstić information content (AvgIpc) is 2.98. The number of hydroxylamine groups is 1. The quantitative estimate of drug-likeness (QED) is 0.100. The van der Waals surface area contributed by atoms with E-state index in [0.717, 1.165) is 45.1 Å². The maximum absolute atomic E-state index is 9.86. The van der Waals surface area contributed by atoms with Crippen molar-refractivity contribution in [2.24, 2.45) is 5.92 Å². The van der Waals surface area contributed by atoms with Crippen LogP contribution in [0.2, 0.25) is 0 Å². The second-order valence-electron chi connectivity index (χ2n) is 11.0. The Hall–Kier alpha value is -3.64. The van der Waals surface area contributed by atoms with E-state index in [2.05, 4.69) is 92.3 Å². The molecule has 0 aliphatic heterocycles. The lowest BCUT2D eigenvalue weighted by Gasteiger charge is -2.28. The summed E-state index contributed by atoms with van der Waals surface area (Å²) in [4.78, 5) is 8.73. The van der Waals surface area contributed by atoms with E-state index in [1.165, 1.54) is 7.05 Å². The van der Waals surface area contributed by atoms with Gasteiger partial charge in [-0.1, -0.05) is 91.8 Å². The molecule has 0 aliphatic rings. The van der Waals surface area contributed by atoms with Gasteiger partial charge in [0, 0.05) is 17.0 Å². The van der Waals surface area contributed by atoms with Crippen LogP contribution in [0.4, 0.5) is 5.95 Å². The molecule has 8 heteroatoms. The zero-order chi connectivity index (χ0) is 32.4. The van der Waals surface area contributed by atoms with Crippen LogP contribution in [0.1, 0.15) is 84.1 Å². The summed E-state index contributed by atoms with van der Waals surface area (Å²) in [6, 6.07) is 21.0. The molecular formula is C35H48N5O2S+. The highest BCUT2D eigenvalue weighted by atomic mass is 32.1. The summed E-state index contributed by atoms with van der Waals surface area (Å²) in [5, 5.41) is 20.5. The predicted octanol–water partition coefficient (Wildman–Crippen LogP) is 9.29. The number of hydrogen-bond acceptors (Lipinski definition) is 7. The summed E-state index contributed by atoms with van der Waals surface area (Å²) in [5.74, 6) is 1.52. The average molecular weight is 603 g/mol. The molecule has 0 bridgehead atoms. The molecule has 1 heterocycles. The van der Waals surface area contributed by atoms with E-state index in [-0.39, 0.29) is 11.4 Å². The van der Waals surface area contributed by atoms with Crippen molar-refractivity contribution in [1.29, 1.82) is 5.26 Å². The fraction of sp³-hybridized carbons (Fsp3) is 0.400. The van der Waals surface area contributed by atoms with Gasteiger partial charge >= 0.3 is 0 Å².